The van der Waals surface area contributed by atoms with Crippen LogP contribution in [0, 0.1) is 0 Å². The van der Waals surface area contributed by atoms with Gasteiger partial charge in [0, 0.05) is 6.92 Å². The molecule has 7 heteroatoms. The molecule has 0 bridgehead atoms. The molecule has 3 saturated heterocycles. The van der Waals surface area contributed by atoms with Crippen molar-refractivity contribution in [2.75, 3.05) is 6.61 Å². The van der Waals surface area contributed by atoms with E-state index in [4.69, 9.17) is 28.4 Å². The fourth-order valence-corrected chi connectivity index (χ4v) is 3.03. The molecule has 0 aromatic rings. The minimum atomic E-state index is -0.744. The van der Waals surface area contributed by atoms with Crippen molar-refractivity contribution in [3.8, 4) is 0 Å². The Balaban J connectivity index is 1.80. The van der Waals surface area contributed by atoms with Crippen LogP contribution in [0.4, 0.5) is 0 Å². The molecule has 3 aliphatic heterocycles. The summed E-state index contributed by atoms with van der Waals surface area (Å²) in [5.74, 6) is -1.84. The summed E-state index contributed by atoms with van der Waals surface area (Å²) in [6, 6.07) is 0. The third kappa shape index (κ3) is 2.93. The van der Waals surface area contributed by atoms with Gasteiger partial charge in [-0.25, -0.2) is 0 Å². The molecular formula is C14H22O7. The molecule has 0 N–H and O–H groups in total. The van der Waals surface area contributed by atoms with E-state index in [0.29, 0.717) is 0 Å². The van der Waals surface area contributed by atoms with Crippen LogP contribution in [-0.2, 0) is 33.2 Å². The number of carbonyl (C=O) groups excluding carboxylic acids is 1. The van der Waals surface area contributed by atoms with Crippen molar-refractivity contribution in [1.29, 1.82) is 0 Å². The molecule has 3 rings (SSSR count). The van der Waals surface area contributed by atoms with Gasteiger partial charge in [0.2, 0.25) is 0 Å². The lowest BCUT2D eigenvalue weighted by atomic mass is 9.99. The number of ether oxygens (including phenoxy) is 6. The largest absolute Gasteiger partial charge is 0.463 e. The van der Waals surface area contributed by atoms with Crippen LogP contribution < -0.4 is 0 Å². The van der Waals surface area contributed by atoms with E-state index in [9.17, 15) is 4.79 Å². The lowest BCUT2D eigenvalue weighted by Gasteiger charge is -2.36. The second kappa shape index (κ2) is 4.89. The highest BCUT2D eigenvalue weighted by molar-refractivity contribution is 5.65. The number of esters is 1. The predicted molar refractivity (Wildman–Crippen MR) is 69.2 cm³/mol. The Bertz CT molecular complexity index is 433. The summed E-state index contributed by atoms with van der Waals surface area (Å²) in [5.41, 5.74) is 0. The van der Waals surface area contributed by atoms with E-state index in [1.165, 1.54) is 6.92 Å². The van der Waals surface area contributed by atoms with Gasteiger partial charge in [-0.05, 0) is 27.7 Å². The predicted octanol–water partition coefficient (Wildman–Crippen LogP) is 0.946. The van der Waals surface area contributed by atoms with Crippen molar-refractivity contribution in [3.63, 3.8) is 0 Å². The van der Waals surface area contributed by atoms with E-state index in [2.05, 4.69) is 0 Å². The molecule has 0 spiro atoms. The summed E-state index contributed by atoms with van der Waals surface area (Å²) in [6.07, 6.45) is -2.04. The van der Waals surface area contributed by atoms with E-state index in [1.807, 2.05) is 27.7 Å². The summed E-state index contributed by atoms with van der Waals surface area (Å²) in [6.45, 7) is 8.78. The number of rotatable bonds is 2. The topological polar surface area (TPSA) is 72.5 Å². The molecule has 3 heterocycles. The lowest BCUT2D eigenvalue weighted by Crippen LogP contribution is -2.56. The Hall–Kier alpha value is -0.730. The fraction of sp³-hybridized carbons (Fsp3) is 0.929. The molecule has 0 unspecified atom stereocenters. The van der Waals surface area contributed by atoms with Crippen LogP contribution in [0.5, 0.6) is 0 Å². The van der Waals surface area contributed by atoms with Gasteiger partial charge in [0.15, 0.2) is 17.9 Å². The van der Waals surface area contributed by atoms with Crippen LogP contribution in [0.25, 0.3) is 0 Å². The van der Waals surface area contributed by atoms with Gasteiger partial charge in [-0.3, -0.25) is 4.79 Å². The summed E-state index contributed by atoms with van der Waals surface area (Å²) in [4.78, 5) is 11.0. The van der Waals surface area contributed by atoms with Gasteiger partial charge in [0.25, 0.3) is 0 Å². The molecule has 0 aromatic carbocycles. The van der Waals surface area contributed by atoms with Crippen molar-refractivity contribution in [3.05, 3.63) is 0 Å². The molecule has 0 aromatic heterocycles. The number of carbonyl (C=O) groups is 1. The van der Waals surface area contributed by atoms with Crippen LogP contribution in [0.15, 0.2) is 0 Å². The Labute approximate surface area is 123 Å². The zero-order chi connectivity index (χ0) is 15.4. The normalized spacial score (nSPS) is 43.2. The highest BCUT2D eigenvalue weighted by Crippen LogP contribution is 2.44. The first-order valence-electron chi connectivity index (χ1n) is 7.17. The van der Waals surface area contributed by atoms with Gasteiger partial charge in [0.05, 0.1) is 0 Å². The molecule has 0 saturated carbocycles. The minimum absolute atomic E-state index is 0.100. The molecule has 120 valence electrons. The van der Waals surface area contributed by atoms with Crippen molar-refractivity contribution in [1.82, 2.24) is 0 Å². The molecule has 5 atom stereocenters. The first-order valence-corrected chi connectivity index (χ1v) is 7.17. The SMILES string of the molecule is CC(=O)OC[C@H]1O[C@@H]2OC(C)(C)O[C@@H]2[C@@H]2OC(C)(C)O[C@@H]21. The van der Waals surface area contributed by atoms with Gasteiger partial charge < -0.3 is 28.4 Å². The fourth-order valence-electron chi connectivity index (χ4n) is 3.03. The molecule has 21 heavy (non-hydrogen) atoms. The zero-order valence-electron chi connectivity index (χ0n) is 13.0. The number of hydrogen-bond acceptors (Lipinski definition) is 7. The van der Waals surface area contributed by atoms with Crippen molar-refractivity contribution in [2.45, 2.75) is 76.9 Å². The monoisotopic (exact) mass is 302 g/mol. The third-order valence-electron chi connectivity index (χ3n) is 3.70. The zero-order valence-corrected chi connectivity index (χ0v) is 13.0. The molecule has 3 fully saturated rings. The standard InChI is InChI=1S/C14H22O7/c1-7(15)16-6-8-9-10(19-13(2,3)18-9)11-12(17-8)21-14(4,5)20-11/h8-12H,6H2,1-5H3/t8-,9-,10-,11-,12-/m1/s1. The van der Waals surface area contributed by atoms with Crippen LogP contribution in [-0.4, -0.2) is 54.9 Å². The second-order valence-corrected chi connectivity index (χ2v) is 6.51. The molecule has 7 nitrogen and oxygen atoms in total. The van der Waals surface area contributed by atoms with Crippen LogP contribution in [0.3, 0.4) is 0 Å². The first kappa shape index (κ1) is 15.2. The summed E-state index contributed by atoms with van der Waals surface area (Å²) >= 11 is 0. The van der Waals surface area contributed by atoms with E-state index < -0.39 is 24.0 Å². The van der Waals surface area contributed by atoms with Crippen molar-refractivity contribution >= 4 is 5.97 Å². The Morgan fingerprint density at radius 2 is 1.52 bits per heavy atom. The summed E-state index contributed by atoms with van der Waals surface area (Å²) < 4.78 is 34.4. The molecular weight excluding hydrogens is 280 g/mol. The van der Waals surface area contributed by atoms with E-state index in [0.717, 1.165) is 0 Å². The molecule has 0 aliphatic carbocycles. The van der Waals surface area contributed by atoms with Gasteiger partial charge in [-0.15, -0.1) is 0 Å². The van der Waals surface area contributed by atoms with E-state index in [1.54, 1.807) is 0 Å². The quantitative estimate of drug-likeness (QED) is 0.703. The van der Waals surface area contributed by atoms with Gasteiger partial charge in [-0.2, -0.15) is 0 Å². The smallest absolute Gasteiger partial charge is 0.302 e. The van der Waals surface area contributed by atoms with E-state index in [-0.39, 0.29) is 30.9 Å². The molecule has 0 amide bonds. The third-order valence-corrected chi connectivity index (χ3v) is 3.70. The maximum atomic E-state index is 11.0. The minimum Gasteiger partial charge on any atom is -0.463 e. The van der Waals surface area contributed by atoms with Gasteiger partial charge in [0.1, 0.15) is 31.0 Å². The van der Waals surface area contributed by atoms with Crippen LogP contribution >= 0.6 is 0 Å². The molecule has 0 radical (unpaired) electrons. The first-order chi connectivity index (χ1) is 9.67. The van der Waals surface area contributed by atoms with Crippen molar-refractivity contribution in [2.24, 2.45) is 0 Å². The number of fused-ring (bicyclic) bond motifs is 3. The van der Waals surface area contributed by atoms with Crippen LogP contribution in [0.1, 0.15) is 34.6 Å². The Morgan fingerprint density at radius 1 is 0.952 bits per heavy atom. The maximum Gasteiger partial charge on any atom is 0.302 e. The van der Waals surface area contributed by atoms with Crippen molar-refractivity contribution < 1.29 is 33.2 Å². The average Bonchev–Trinajstić information content (AvgIpc) is 2.80. The van der Waals surface area contributed by atoms with Crippen LogP contribution in [0.2, 0.25) is 0 Å². The Morgan fingerprint density at radius 3 is 2.19 bits per heavy atom. The summed E-state index contributed by atoms with van der Waals surface area (Å²) in [7, 11) is 0. The lowest BCUT2D eigenvalue weighted by molar-refractivity contribution is -0.242. The maximum absolute atomic E-state index is 11.0. The average molecular weight is 302 g/mol. The highest BCUT2D eigenvalue weighted by Gasteiger charge is 2.60. The van der Waals surface area contributed by atoms with E-state index >= 15 is 0 Å². The highest BCUT2D eigenvalue weighted by atomic mass is 16.9. The van der Waals surface area contributed by atoms with Gasteiger partial charge >= 0.3 is 5.97 Å². The molecule has 3 aliphatic rings. The second-order valence-electron chi connectivity index (χ2n) is 6.51. The summed E-state index contributed by atoms with van der Waals surface area (Å²) in [5, 5.41) is 0. The number of hydrogen-bond donors (Lipinski definition) is 0. The van der Waals surface area contributed by atoms with Gasteiger partial charge in [-0.1, -0.05) is 0 Å². The Kier molecular flexibility index (Phi) is 3.53.